The van der Waals surface area contributed by atoms with Crippen molar-refractivity contribution in [3.05, 3.63) is 65.5 Å². The number of halogens is 1. The maximum absolute atomic E-state index is 15.2. The highest BCUT2D eigenvalue weighted by Crippen LogP contribution is 2.30. The number of hydrogen-bond donors (Lipinski definition) is 2. The van der Waals surface area contributed by atoms with Crippen molar-refractivity contribution in [2.45, 2.75) is 6.42 Å². The van der Waals surface area contributed by atoms with Gasteiger partial charge in [0, 0.05) is 49.5 Å². The molecule has 206 valence electrons. The Balaban J connectivity index is 1.37. The quantitative estimate of drug-likeness (QED) is 0.452. The second-order valence-electron chi connectivity index (χ2n) is 9.61. The summed E-state index contributed by atoms with van der Waals surface area (Å²) in [5.41, 5.74) is 8.14. The number of anilines is 3. The van der Waals surface area contributed by atoms with Gasteiger partial charge in [-0.05, 0) is 30.2 Å². The number of nitrogens with two attached hydrogens (primary N) is 1. The average molecular weight is 555 g/mol. The highest BCUT2D eigenvalue weighted by atomic mass is 32.2. The normalized spacial score (nSPS) is 17.6. The van der Waals surface area contributed by atoms with Crippen LogP contribution in [0.1, 0.15) is 15.9 Å². The van der Waals surface area contributed by atoms with Crippen LogP contribution in [0.4, 0.5) is 21.8 Å². The topological polar surface area (TPSA) is 131 Å². The molecule has 2 aromatic carbocycles. The van der Waals surface area contributed by atoms with Crippen LogP contribution in [0, 0.1) is 5.82 Å². The Morgan fingerprint density at radius 1 is 1.03 bits per heavy atom. The van der Waals surface area contributed by atoms with E-state index in [0.717, 1.165) is 50.5 Å². The molecule has 3 aromatic rings. The molecule has 39 heavy (non-hydrogen) atoms. The van der Waals surface area contributed by atoms with E-state index < -0.39 is 15.7 Å². The predicted molar refractivity (Wildman–Crippen MR) is 147 cm³/mol. The molecule has 0 saturated carbocycles. The van der Waals surface area contributed by atoms with Gasteiger partial charge < -0.3 is 20.7 Å². The molecule has 0 radical (unpaired) electrons. The number of rotatable bonds is 7. The molecule has 0 aliphatic carbocycles. The number of nitrogens with zero attached hydrogens (tertiary/aromatic N) is 4. The number of carbonyl (C=O) groups excluding carboxylic acids is 1. The van der Waals surface area contributed by atoms with Gasteiger partial charge in [0.05, 0.1) is 24.7 Å². The first-order chi connectivity index (χ1) is 18.8. The van der Waals surface area contributed by atoms with E-state index in [2.05, 4.69) is 20.2 Å². The summed E-state index contributed by atoms with van der Waals surface area (Å²) in [4.78, 5) is 25.6. The van der Waals surface area contributed by atoms with Crippen molar-refractivity contribution in [1.82, 2.24) is 19.8 Å². The Hall–Kier alpha value is -3.61. The summed E-state index contributed by atoms with van der Waals surface area (Å²) >= 11 is 0. The van der Waals surface area contributed by atoms with E-state index >= 15 is 4.39 Å². The van der Waals surface area contributed by atoms with Crippen LogP contribution in [-0.2, 0) is 21.0 Å². The van der Waals surface area contributed by atoms with Crippen LogP contribution in [0.25, 0.3) is 11.3 Å². The van der Waals surface area contributed by atoms with E-state index in [9.17, 15) is 13.2 Å². The highest BCUT2D eigenvalue weighted by molar-refractivity contribution is 7.91. The van der Waals surface area contributed by atoms with Crippen molar-refractivity contribution >= 4 is 33.2 Å². The lowest BCUT2D eigenvalue weighted by molar-refractivity contribution is 0.0384. The molecule has 1 amide bonds. The van der Waals surface area contributed by atoms with Crippen LogP contribution in [0.5, 0.6) is 0 Å². The molecule has 0 atom stereocenters. The zero-order valence-electron chi connectivity index (χ0n) is 21.5. The second-order valence-corrected chi connectivity index (χ2v) is 11.9. The number of ether oxygens (including phenoxy) is 1. The smallest absolute Gasteiger partial charge is 0.254 e. The molecule has 5 rings (SSSR count). The number of nitrogen functional groups attached to an aromatic ring is 1. The van der Waals surface area contributed by atoms with Gasteiger partial charge in [-0.3, -0.25) is 9.69 Å². The Morgan fingerprint density at radius 3 is 2.54 bits per heavy atom. The fourth-order valence-corrected chi connectivity index (χ4v) is 5.91. The van der Waals surface area contributed by atoms with Crippen LogP contribution in [0.15, 0.2) is 48.5 Å². The van der Waals surface area contributed by atoms with Crippen LogP contribution in [0.3, 0.4) is 0 Å². The SMILES string of the molecule is Nc1nc(Nc2cccc(CCN3CCOCC3)c2)nc(-c2ccccc2C(=O)N2CCS(=O)(=O)CC2)c1F. The number of aromatic nitrogens is 2. The zero-order valence-corrected chi connectivity index (χ0v) is 22.3. The standard InChI is InChI=1S/C27H31FN6O4S/c28-23-24(21-6-1-2-7-22(21)26(35)34-12-16-39(36,37)17-13-34)31-27(32-25(23)29)30-20-5-3-4-19(18-20)8-9-33-10-14-38-15-11-33/h1-7,18H,8-17H2,(H3,29,30,31,32). The molecule has 3 N–H and O–H groups in total. The second kappa shape index (κ2) is 11.6. The highest BCUT2D eigenvalue weighted by Gasteiger charge is 2.28. The zero-order chi connectivity index (χ0) is 27.4. The van der Waals surface area contributed by atoms with Gasteiger partial charge in [0.15, 0.2) is 21.5 Å². The monoisotopic (exact) mass is 554 g/mol. The molecule has 0 unspecified atom stereocenters. The minimum absolute atomic E-state index is 0.0819. The van der Waals surface area contributed by atoms with Gasteiger partial charge in [-0.2, -0.15) is 4.98 Å². The van der Waals surface area contributed by atoms with Crippen molar-refractivity contribution in [3.8, 4) is 11.3 Å². The van der Waals surface area contributed by atoms with Gasteiger partial charge in [0.25, 0.3) is 5.91 Å². The lowest BCUT2D eigenvalue weighted by Crippen LogP contribution is -2.43. The predicted octanol–water partition coefficient (Wildman–Crippen LogP) is 2.35. The minimum atomic E-state index is -3.16. The molecular formula is C27H31FN6O4S. The van der Waals surface area contributed by atoms with Gasteiger partial charge in [0.1, 0.15) is 5.69 Å². The largest absolute Gasteiger partial charge is 0.381 e. The first-order valence-corrected chi connectivity index (χ1v) is 14.7. The fraction of sp³-hybridized carbons (Fsp3) is 0.370. The maximum Gasteiger partial charge on any atom is 0.254 e. The summed E-state index contributed by atoms with van der Waals surface area (Å²) in [5, 5.41) is 3.12. The van der Waals surface area contributed by atoms with Crippen LogP contribution in [0.2, 0.25) is 0 Å². The fourth-order valence-electron chi connectivity index (χ4n) is 4.71. The Bertz CT molecular complexity index is 1450. The maximum atomic E-state index is 15.2. The van der Waals surface area contributed by atoms with E-state index in [1.807, 2.05) is 24.3 Å². The third-order valence-corrected chi connectivity index (χ3v) is 8.53. The third-order valence-electron chi connectivity index (χ3n) is 6.92. The minimum Gasteiger partial charge on any atom is -0.381 e. The Labute approximate surface area is 226 Å². The summed E-state index contributed by atoms with van der Waals surface area (Å²) in [7, 11) is -3.16. The summed E-state index contributed by atoms with van der Waals surface area (Å²) in [6.07, 6.45) is 0.862. The van der Waals surface area contributed by atoms with E-state index in [0.29, 0.717) is 0 Å². The lowest BCUT2D eigenvalue weighted by Gasteiger charge is -2.27. The molecule has 2 fully saturated rings. The molecule has 3 heterocycles. The van der Waals surface area contributed by atoms with Gasteiger partial charge >= 0.3 is 0 Å². The summed E-state index contributed by atoms with van der Waals surface area (Å²) < 4.78 is 44.3. The van der Waals surface area contributed by atoms with Crippen molar-refractivity contribution in [2.24, 2.45) is 0 Å². The van der Waals surface area contributed by atoms with Crippen LogP contribution < -0.4 is 11.1 Å². The Kier molecular flexibility index (Phi) is 8.05. The van der Waals surface area contributed by atoms with E-state index in [4.69, 9.17) is 10.5 Å². The first-order valence-electron chi connectivity index (χ1n) is 12.9. The number of amides is 1. The number of nitrogens with one attached hydrogen (secondary N) is 1. The van der Waals surface area contributed by atoms with E-state index in [1.165, 1.54) is 4.90 Å². The number of carbonyl (C=O) groups is 1. The molecule has 0 bridgehead atoms. The lowest BCUT2D eigenvalue weighted by atomic mass is 10.0. The number of morpholine rings is 1. The Morgan fingerprint density at radius 2 is 1.77 bits per heavy atom. The van der Waals surface area contributed by atoms with Crippen molar-refractivity contribution < 1.29 is 22.3 Å². The van der Waals surface area contributed by atoms with E-state index in [1.54, 1.807) is 24.3 Å². The van der Waals surface area contributed by atoms with E-state index in [-0.39, 0.29) is 59.1 Å². The molecule has 12 heteroatoms. The number of sulfone groups is 1. The number of benzene rings is 2. The molecule has 10 nitrogen and oxygen atoms in total. The summed E-state index contributed by atoms with van der Waals surface area (Å²) in [6, 6.07) is 14.3. The van der Waals surface area contributed by atoms with Crippen molar-refractivity contribution in [1.29, 1.82) is 0 Å². The molecule has 0 spiro atoms. The summed E-state index contributed by atoms with van der Waals surface area (Å²) in [5.74, 6) is -1.68. The third kappa shape index (κ3) is 6.52. The van der Waals surface area contributed by atoms with Gasteiger partial charge in [-0.25, -0.2) is 17.8 Å². The van der Waals surface area contributed by atoms with Gasteiger partial charge in [-0.15, -0.1) is 0 Å². The van der Waals surface area contributed by atoms with Crippen LogP contribution in [-0.4, -0.2) is 91.5 Å². The molecule has 2 saturated heterocycles. The first kappa shape index (κ1) is 27.0. The molecular weight excluding hydrogens is 523 g/mol. The van der Waals surface area contributed by atoms with Crippen molar-refractivity contribution in [2.75, 3.05) is 68.5 Å². The molecule has 1 aromatic heterocycles. The van der Waals surface area contributed by atoms with Crippen LogP contribution >= 0.6 is 0 Å². The average Bonchev–Trinajstić information content (AvgIpc) is 2.94. The molecule has 2 aliphatic rings. The van der Waals surface area contributed by atoms with Gasteiger partial charge in [-0.1, -0.05) is 30.3 Å². The van der Waals surface area contributed by atoms with Crippen molar-refractivity contribution in [3.63, 3.8) is 0 Å². The number of hydrogen-bond acceptors (Lipinski definition) is 9. The summed E-state index contributed by atoms with van der Waals surface area (Å²) in [6.45, 7) is 4.43. The molecule has 2 aliphatic heterocycles. The van der Waals surface area contributed by atoms with Gasteiger partial charge in [0.2, 0.25) is 5.95 Å².